The minimum atomic E-state index is -1.08. The van der Waals surface area contributed by atoms with Crippen molar-refractivity contribution in [1.29, 1.82) is 0 Å². The molecular weight excluding hydrogens is 315 g/mol. The second-order valence-corrected chi connectivity index (χ2v) is 6.11. The average molecular weight is 327 g/mol. The molecule has 0 radical (unpaired) electrons. The molecule has 110 valence electrons. The maximum Gasteiger partial charge on any atom is 0.343 e. The van der Waals surface area contributed by atoms with Gasteiger partial charge in [0, 0.05) is 36.3 Å². The first-order valence-electron chi connectivity index (χ1n) is 6.57. The van der Waals surface area contributed by atoms with Crippen molar-refractivity contribution in [1.82, 2.24) is 0 Å². The summed E-state index contributed by atoms with van der Waals surface area (Å²) in [7, 11) is 0. The van der Waals surface area contributed by atoms with Gasteiger partial charge in [0.2, 0.25) is 0 Å². The number of ether oxygens (including phenoxy) is 1. The molecule has 3 rings (SSSR count). The van der Waals surface area contributed by atoms with Crippen LogP contribution in [0.15, 0.2) is 24.0 Å². The number of halogens is 2. The van der Waals surface area contributed by atoms with Crippen molar-refractivity contribution < 1.29 is 19.4 Å². The van der Waals surface area contributed by atoms with E-state index in [4.69, 9.17) is 27.9 Å². The van der Waals surface area contributed by atoms with Crippen LogP contribution in [0, 0.1) is 0 Å². The summed E-state index contributed by atoms with van der Waals surface area (Å²) in [5.74, 6) is -0.641. The summed E-state index contributed by atoms with van der Waals surface area (Å²) < 4.78 is 5.40. The molecule has 1 heterocycles. The van der Waals surface area contributed by atoms with E-state index >= 15 is 0 Å². The zero-order chi connectivity index (χ0) is 15.2. The Bertz CT molecular complexity index is 668. The summed E-state index contributed by atoms with van der Waals surface area (Å²) in [4.78, 5) is 23.5. The van der Waals surface area contributed by atoms with E-state index in [2.05, 4.69) is 0 Å². The lowest BCUT2D eigenvalue weighted by atomic mass is 9.82. The summed E-state index contributed by atoms with van der Waals surface area (Å²) in [5.41, 5.74) is -0.633. The number of ketones is 1. The molecule has 1 fully saturated rings. The van der Waals surface area contributed by atoms with E-state index < -0.39 is 11.6 Å². The highest BCUT2D eigenvalue weighted by molar-refractivity contribution is 6.37. The van der Waals surface area contributed by atoms with Crippen LogP contribution in [-0.2, 0) is 14.3 Å². The molecular formula is C15H12Cl2O4. The van der Waals surface area contributed by atoms with Crippen molar-refractivity contribution in [3.8, 4) is 0 Å². The van der Waals surface area contributed by atoms with E-state index in [-0.39, 0.29) is 22.1 Å². The molecule has 0 atom stereocenters. The third-order valence-electron chi connectivity index (χ3n) is 3.98. The minimum absolute atomic E-state index is 0.0611. The Morgan fingerprint density at radius 1 is 1.14 bits per heavy atom. The van der Waals surface area contributed by atoms with Gasteiger partial charge in [-0.2, -0.15) is 0 Å². The van der Waals surface area contributed by atoms with Gasteiger partial charge in [-0.25, -0.2) is 4.79 Å². The number of Topliss-reactive ketones (excluding diaryl/α,β-unsaturated/α-hetero) is 1. The zero-order valence-corrected chi connectivity index (χ0v) is 12.5. The molecule has 0 saturated heterocycles. The van der Waals surface area contributed by atoms with Gasteiger partial charge in [-0.1, -0.05) is 29.3 Å². The normalized spacial score (nSPS) is 21.0. The third-order valence-corrected chi connectivity index (χ3v) is 4.52. The maximum atomic E-state index is 12.2. The van der Waals surface area contributed by atoms with E-state index in [1.165, 1.54) is 6.07 Å². The molecule has 0 amide bonds. The first-order valence-corrected chi connectivity index (χ1v) is 7.33. The fourth-order valence-corrected chi connectivity index (χ4v) is 3.31. The molecule has 6 heteroatoms. The number of hydrogen-bond donors (Lipinski definition) is 1. The van der Waals surface area contributed by atoms with Gasteiger partial charge < -0.3 is 9.84 Å². The Labute approximate surface area is 131 Å². The highest BCUT2D eigenvalue weighted by atomic mass is 35.5. The van der Waals surface area contributed by atoms with Crippen LogP contribution in [0.4, 0.5) is 0 Å². The lowest BCUT2D eigenvalue weighted by Gasteiger charge is -2.31. The molecule has 1 aromatic carbocycles. The third kappa shape index (κ3) is 2.32. The number of hydrogen-bond acceptors (Lipinski definition) is 4. The SMILES string of the molecule is O=C1CCC2(CC1)OC(=O)C(c1ccc(Cl)cc1Cl)=C2O. The number of rotatable bonds is 1. The standard InChI is InChI=1S/C15H12Cl2O4/c16-8-1-2-10(11(17)7-8)12-13(19)15(21-14(12)20)5-3-9(18)4-6-15/h1-2,7,19H,3-6H2. The van der Waals surface area contributed by atoms with Crippen LogP contribution >= 0.6 is 23.2 Å². The van der Waals surface area contributed by atoms with Crippen LogP contribution < -0.4 is 0 Å². The van der Waals surface area contributed by atoms with E-state index in [1.807, 2.05) is 0 Å². The Morgan fingerprint density at radius 3 is 2.43 bits per heavy atom. The van der Waals surface area contributed by atoms with Crippen molar-refractivity contribution in [2.24, 2.45) is 0 Å². The van der Waals surface area contributed by atoms with Crippen LogP contribution in [0.3, 0.4) is 0 Å². The van der Waals surface area contributed by atoms with E-state index in [0.29, 0.717) is 36.3 Å². The Hall–Kier alpha value is -1.52. The van der Waals surface area contributed by atoms with Gasteiger partial charge >= 0.3 is 5.97 Å². The van der Waals surface area contributed by atoms with Gasteiger partial charge in [0.15, 0.2) is 11.4 Å². The fraction of sp³-hybridized carbons (Fsp3) is 0.333. The van der Waals surface area contributed by atoms with Crippen LogP contribution in [-0.4, -0.2) is 22.5 Å². The van der Waals surface area contributed by atoms with Crippen LogP contribution in [0.5, 0.6) is 0 Å². The topological polar surface area (TPSA) is 63.6 Å². The molecule has 1 saturated carbocycles. The molecule has 1 aliphatic heterocycles. The Balaban J connectivity index is 2.06. The second-order valence-electron chi connectivity index (χ2n) is 5.27. The van der Waals surface area contributed by atoms with Crippen molar-refractivity contribution in [2.45, 2.75) is 31.3 Å². The first kappa shape index (κ1) is 14.4. The zero-order valence-electron chi connectivity index (χ0n) is 11.0. The molecule has 0 aromatic heterocycles. The van der Waals surface area contributed by atoms with Crippen molar-refractivity contribution in [2.75, 3.05) is 0 Å². The molecule has 1 aromatic rings. The number of aliphatic hydroxyl groups is 1. The van der Waals surface area contributed by atoms with Crippen molar-refractivity contribution >= 4 is 40.5 Å². The van der Waals surface area contributed by atoms with Crippen molar-refractivity contribution in [3.05, 3.63) is 39.6 Å². The Kier molecular flexibility index (Phi) is 3.46. The number of aliphatic hydroxyl groups excluding tert-OH is 1. The molecule has 1 N–H and O–H groups in total. The Morgan fingerprint density at radius 2 is 1.81 bits per heavy atom. The summed E-state index contributed by atoms with van der Waals surface area (Å²) >= 11 is 11.9. The van der Waals surface area contributed by atoms with Crippen LogP contribution in [0.1, 0.15) is 31.2 Å². The van der Waals surface area contributed by atoms with Crippen LogP contribution in [0.2, 0.25) is 10.0 Å². The lowest BCUT2D eigenvalue weighted by molar-refractivity contribution is -0.151. The number of carbonyl (C=O) groups excluding carboxylic acids is 2. The van der Waals surface area contributed by atoms with E-state index in [0.717, 1.165) is 0 Å². The summed E-state index contributed by atoms with van der Waals surface area (Å²) in [6.45, 7) is 0. The first-order chi connectivity index (χ1) is 9.93. The quantitative estimate of drug-likeness (QED) is 0.799. The lowest BCUT2D eigenvalue weighted by Crippen LogP contribution is -2.37. The summed E-state index contributed by atoms with van der Waals surface area (Å²) in [5, 5.41) is 11.2. The summed E-state index contributed by atoms with van der Waals surface area (Å²) in [6.07, 6.45) is 1.19. The predicted molar refractivity (Wildman–Crippen MR) is 78.3 cm³/mol. The minimum Gasteiger partial charge on any atom is -0.507 e. The van der Waals surface area contributed by atoms with Gasteiger partial charge in [-0.3, -0.25) is 4.79 Å². The average Bonchev–Trinajstić information content (AvgIpc) is 2.66. The summed E-state index contributed by atoms with van der Waals surface area (Å²) in [6, 6.07) is 4.66. The maximum absolute atomic E-state index is 12.2. The molecule has 0 bridgehead atoms. The highest BCUT2D eigenvalue weighted by Crippen LogP contribution is 2.45. The monoisotopic (exact) mass is 326 g/mol. The second kappa shape index (κ2) is 5.04. The van der Waals surface area contributed by atoms with Crippen LogP contribution in [0.25, 0.3) is 5.57 Å². The fourth-order valence-electron chi connectivity index (χ4n) is 2.80. The number of benzene rings is 1. The highest BCUT2D eigenvalue weighted by Gasteiger charge is 2.50. The molecule has 1 aliphatic carbocycles. The van der Waals surface area contributed by atoms with Gasteiger partial charge in [0.25, 0.3) is 0 Å². The van der Waals surface area contributed by atoms with Crippen molar-refractivity contribution in [3.63, 3.8) is 0 Å². The number of carbonyl (C=O) groups is 2. The van der Waals surface area contributed by atoms with E-state index in [9.17, 15) is 14.7 Å². The molecule has 2 aliphatic rings. The molecule has 4 nitrogen and oxygen atoms in total. The van der Waals surface area contributed by atoms with Gasteiger partial charge in [0.1, 0.15) is 11.4 Å². The van der Waals surface area contributed by atoms with Gasteiger partial charge in [-0.05, 0) is 12.1 Å². The predicted octanol–water partition coefficient (Wildman–Crippen LogP) is 3.70. The molecule has 21 heavy (non-hydrogen) atoms. The molecule has 1 spiro atoms. The molecule has 0 unspecified atom stereocenters. The number of esters is 1. The van der Waals surface area contributed by atoms with E-state index in [1.54, 1.807) is 12.1 Å². The largest absolute Gasteiger partial charge is 0.507 e. The van der Waals surface area contributed by atoms with Gasteiger partial charge in [0.05, 0.1) is 5.02 Å². The van der Waals surface area contributed by atoms with Gasteiger partial charge in [-0.15, -0.1) is 0 Å². The smallest absolute Gasteiger partial charge is 0.343 e.